The third kappa shape index (κ3) is 3.22. The molecule has 2 amide bonds. The summed E-state index contributed by atoms with van der Waals surface area (Å²) in [5.74, 6) is -0.624. The molecule has 1 rings (SSSR count). The second kappa shape index (κ2) is 4.89. The van der Waals surface area contributed by atoms with Gasteiger partial charge in [0.2, 0.25) is 5.91 Å². The van der Waals surface area contributed by atoms with E-state index in [0.717, 1.165) is 0 Å². The highest BCUT2D eigenvalue weighted by Gasteiger charge is 2.08. The third-order valence-electron chi connectivity index (χ3n) is 1.55. The number of nitrogens with one attached hydrogen (secondary N) is 2. The molecule has 80 valence electrons. The van der Waals surface area contributed by atoms with Gasteiger partial charge in [0.15, 0.2) is 0 Å². The Labute approximate surface area is 86.1 Å². The maximum Gasteiger partial charge on any atom is 0.272 e. The van der Waals surface area contributed by atoms with Gasteiger partial charge in [-0.3, -0.25) is 14.6 Å². The molecule has 0 aliphatic heterocycles. The van der Waals surface area contributed by atoms with Gasteiger partial charge in [0, 0.05) is 7.05 Å². The summed E-state index contributed by atoms with van der Waals surface area (Å²) < 4.78 is 0. The number of anilines is 1. The van der Waals surface area contributed by atoms with Crippen molar-refractivity contribution in [2.45, 2.75) is 0 Å². The number of rotatable bonds is 4. The molecule has 1 heterocycles. The van der Waals surface area contributed by atoms with Gasteiger partial charge in [0.1, 0.15) is 11.5 Å². The predicted octanol–water partition coefficient (Wildman–Crippen LogP) is -1.27. The second-order valence-electron chi connectivity index (χ2n) is 2.69. The van der Waals surface area contributed by atoms with Gasteiger partial charge in [-0.1, -0.05) is 0 Å². The first-order valence-electron chi connectivity index (χ1n) is 4.19. The summed E-state index contributed by atoms with van der Waals surface area (Å²) in [7, 11) is 1.66. The average molecular weight is 209 g/mol. The molecule has 7 nitrogen and oxygen atoms in total. The summed E-state index contributed by atoms with van der Waals surface area (Å²) in [6.45, 7) is -0.218. The molecule has 0 atom stereocenters. The topological polar surface area (TPSA) is 110 Å². The van der Waals surface area contributed by atoms with E-state index in [1.807, 2.05) is 0 Å². The molecule has 0 bridgehead atoms. The average Bonchev–Trinajstić information content (AvgIpc) is 2.26. The van der Waals surface area contributed by atoms with Crippen LogP contribution in [-0.4, -0.2) is 35.4 Å². The van der Waals surface area contributed by atoms with Gasteiger partial charge in [-0.25, -0.2) is 4.98 Å². The van der Waals surface area contributed by atoms with Crippen molar-refractivity contribution in [3.05, 3.63) is 18.1 Å². The molecule has 7 heteroatoms. The van der Waals surface area contributed by atoms with Crippen molar-refractivity contribution in [2.24, 2.45) is 5.73 Å². The molecule has 0 unspecified atom stereocenters. The number of hydrogen-bond acceptors (Lipinski definition) is 5. The van der Waals surface area contributed by atoms with Crippen molar-refractivity contribution in [1.29, 1.82) is 0 Å². The number of carbonyl (C=O) groups is 2. The molecular formula is C8H11N5O2. The molecule has 0 saturated carbocycles. The fourth-order valence-electron chi connectivity index (χ4n) is 0.854. The molecule has 0 fully saturated rings. The van der Waals surface area contributed by atoms with E-state index in [2.05, 4.69) is 20.6 Å². The quantitative estimate of drug-likeness (QED) is 0.573. The molecular weight excluding hydrogens is 198 g/mol. The van der Waals surface area contributed by atoms with E-state index in [-0.39, 0.29) is 12.2 Å². The fourth-order valence-corrected chi connectivity index (χ4v) is 0.854. The first kappa shape index (κ1) is 10.9. The number of aromatic nitrogens is 2. The van der Waals surface area contributed by atoms with Gasteiger partial charge in [-0.2, -0.15) is 0 Å². The molecule has 0 radical (unpaired) electrons. The highest BCUT2D eigenvalue weighted by molar-refractivity contribution is 5.94. The van der Waals surface area contributed by atoms with Crippen molar-refractivity contribution in [1.82, 2.24) is 15.3 Å². The Morgan fingerprint density at radius 3 is 2.80 bits per heavy atom. The Morgan fingerprint density at radius 1 is 1.47 bits per heavy atom. The van der Waals surface area contributed by atoms with E-state index in [0.29, 0.717) is 5.82 Å². The normalized spacial score (nSPS) is 9.40. The van der Waals surface area contributed by atoms with Gasteiger partial charge >= 0.3 is 0 Å². The minimum Gasteiger partial charge on any atom is -0.372 e. The molecule has 0 aliphatic carbocycles. The van der Waals surface area contributed by atoms with Crippen LogP contribution >= 0.6 is 0 Å². The highest BCUT2D eigenvalue weighted by Crippen LogP contribution is 2.00. The number of nitrogens with zero attached hydrogens (tertiary/aromatic N) is 2. The molecule has 0 spiro atoms. The zero-order chi connectivity index (χ0) is 11.3. The standard InChI is InChI=1S/C8H11N5O2/c1-10-7-4-11-2-5(13-7)8(15)12-3-6(9)14/h2,4H,3H2,1H3,(H2,9,14)(H,10,13)(H,12,15). The zero-order valence-electron chi connectivity index (χ0n) is 8.15. The number of carbonyl (C=O) groups excluding carboxylic acids is 2. The van der Waals surface area contributed by atoms with Crippen LogP contribution in [0.15, 0.2) is 12.4 Å². The number of amides is 2. The number of primary amides is 1. The lowest BCUT2D eigenvalue weighted by Crippen LogP contribution is -2.33. The van der Waals surface area contributed by atoms with E-state index in [4.69, 9.17) is 5.73 Å². The minimum atomic E-state index is -0.610. The van der Waals surface area contributed by atoms with Crippen molar-refractivity contribution in [3.63, 3.8) is 0 Å². The van der Waals surface area contributed by atoms with Crippen LogP contribution in [0, 0.1) is 0 Å². The summed E-state index contributed by atoms with van der Waals surface area (Å²) in [5.41, 5.74) is 5.00. The van der Waals surface area contributed by atoms with Crippen LogP contribution in [0.3, 0.4) is 0 Å². The maximum absolute atomic E-state index is 11.4. The van der Waals surface area contributed by atoms with Crippen LogP contribution in [0.5, 0.6) is 0 Å². The van der Waals surface area contributed by atoms with E-state index in [1.54, 1.807) is 7.05 Å². The monoisotopic (exact) mass is 209 g/mol. The lowest BCUT2D eigenvalue weighted by atomic mass is 10.4. The molecule has 1 aromatic rings. The Balaban J connectivity index is 2.69. The van der Waals surface area contributed by atoms with Crippen LogP contribution in [0.2, 0.25) is 0 Å². The van der Waals surface area contributed by atoms with Crippen molar-refractivity contribution < 1.29 is 9.59 Å². The Kier molecular flexibility index (Phi) is 3.55. The minimum absolute atomic E-state index is 0.128. The first-order valence-corrected chi connectivity index (χ1v) is 4.19. The van der Waals surface area contributed by atoms with Crippen molar-refractivity contribution in [2.75, 3.05) is 18.9 Å². The SMILES string of the molecule is CNc1cncc(C(=O)NCC(N)=O)n1. The van der Waals surface area contributed by atoms with Gasteiger partial charge in [-0.15, -0.1) is 0 Å². The Hall–Kier alpha value is -2.18. The van der Waals surface area contributed by atoms with Crippen LogP contribution in [0.4, 0.5) is 5.82 Å². The maximum atomic E-state index is 11.4. The van der Waals surface area contributed by atoms with Crippen LogP contribution < -0.4 is 16.4 Å². The molecule has 0 aromatic carbocycles. The fraction of sp³-hybridized carbons (Fsp3) is 0.250. The Bertz CT molecular complexity index is 379. The van der Waals surface area contributed by atoms with E-state index in [9.17, 15) is 9.59 Å². The molecule has 0 aliphatic rings. The lowest BCUT2D eigenvalue weighted by Gasteiger charge is -2.03. The third-order valence-corrected chi connectivity index (χ3v) is 1.55. The summed E-state index contributed by atoms with van der Waals surface area (Å²) in [5, 5.41) is 5.05. The van der Waals surface area contributed by atoms with Crippen LogP contribution in [-0.2, 0) is 4.79 Å². The Morgan fingerprint density at radius 2 is 2.20 bits per heavy atom. The highest BCUT2D eigenvalue weighted by atomic mass is 16.2. The molecule has 15 heavy (non-hydrogen) atoms. The van der Waals surface area contributed by atoms with Gasteiger partial charge in [0.05, 0.1) is 18.9 Å². The smallest absolute Gasteiger partial charge is 0.272 e. The first-order chi connectivity index (χ1) is 7.13. The summed E-state index contributed by atoms with van der Waals surface area (Å²) in [4.78, 5) is 29.5. The van der Waals surface area contributed by atoms with Crippen molar-refractivity contribution >= 4 is 17.6 Å². The lowest BCUT2D eigenvalue weighted by molar-refractivity contribution is -0.117. The van der Waals surface area contributed by atoms with Gasteiger partial charge in [-0.05, 0) is 0 Å². The zero-order valence-corrected chi connectivity index (χ0v) is 8.15. The summed E-state index contributed by atoms with van der Waals surface area (Å²) >= 11 is 0. The van der Waals surface area contributed by atoms with E-state index >= 15 is 0 Å². The van der Waals surface area contributed by atoms with Crippen LogP contribution in [0.25, 0.3) is 0 Å². The molecule has 4 N–H and O–H groups in total. The number of hydrogen-bond donors (Lipinski definition) is 3. The molecule has 0 saturated heterocycles. The molecule has 1 aromatic heterocycles. The van der Waals surface area contributed by atoms with Crippen molar-refractivity contribution in [3.8, 4) is 0 Å². The number of nitrogens with two attached hydrogens (primary N) is 1. The van der Waals surface area contributed by atoms with Gasteiger partial charge in [0.25, 0.3) is 5.91 Å². The summed E-state index contributed by atoms with van der Waals surface area (Å²) in [6, 6.07) is 0. The predicted molar refractivity (Wildman–Crippen MR) is 53.1 cm³/mol. The van der Waals surface area contributed by atoms with E-state index < -0.39 is 11.8 Å². The van der Waals surface area contributed by atoms with E-state index in [1.165, 1.54) is 12.4 Å². The van der Waals surface area contributed by atoms with Gasteiger partial charge < -0.3 is 16.4 Å². The largest absolute Gasteiger partial charge is 0.372 e. The summed E-state index contributed by atoms with van der Waals surface area (Å²) in [6.07, 6.45) is 2.78. The second-order valence-corrected chi connectivity index (χ2v) is 2.69. The van der Waals surface area contributed by atoms with Crippen LogP contribution in [0.1, 0.15) is 10.5 Å².